The van der Waals surface area contributed by atoms with E-state index in [1.165, 1.54) is 0 Å². The number of hydrogen-bond acceptors (Lipinski definition) is 3. The molecule has 0 aliphatic rings. The number of nitrogens with zero attached hydrogens (tertiary/aromatic N) is 1. The molecule has 0 aliphatic carbocycles. The highest BCUT2D eigenvalue weighted by molar-refractivity contribution is 6.32. The second-order valence-corrected chi connectivity index (χ2v) is 5.19. The first kappa shape index (κ1) is 16.3. The summed E-state index contributed by atoms with van der Waals surface area (Å²) < 4.78 is 5.87. The Labute approximate surface area is 121 Å². The largest absolute Gasteiger partial charge is 0.490 e. The van der Waals surface area contributed by atoms with Crippen molar-refractivity contribution >= 4 is 11.6 Å². The van der Waals surface area contributed by atoms with Gasteiger partial charge in [-0.2, -0.15) is 0 Å². The Morgan fingerprint density at radius 3 is 2.58 bits per heavy atom. The number of ether oxygens (including phenoxy) is 1. The topological polar surface area (TPSA) is 38.5 Å². The molecule has 3 nitrogen and oxygen atoms in total. The van der Waals surface area contributed by atoms with E-state index in [-0.39, 0.29) is 6.04 Å². The van der Waals surface area contributed by atoms with Crippen LogP contribution in [0.3, 0.4) is 0 Å². The molecular weight excluding hydrogens is 260 g/mol. The van der Waals surface area contributed by atoms with Gasteiger partial charge in [-0.15, -0.1) is 0 Å². The van der Waals surface area contributed by atoms with E-state index in [9.17, 15) is 0 Å². The molecule has 0 spiro atoms. The van der Waals surface area contributed by atoms with Crippen molar-refractivity contribution in [2.24, 2.45) is 5.73 Å². The third-order valence-corrected chi connectivity index (χ3v) is 3.44. The van der Waals surface area contributed by atoms with Crippen molar-refractivity contribution in [3.05, 3.63) is 28.8 Å². The predicted molar refractivity (Wildman–Crippen MR) is 82.1 cm³/mol. The molecule has 0 saturated carbocycles. The van der Waals surface area contributed by atoms with Gasteiger partial charge in [-0.1, -0.05) is 37.6 Å². The summed E-state index contributed by atoms with van der Waals surface area (Å²) in [5, 5.41) is 0.665. The molecule has 108 valence electrons. The number of hydrogen-bond donors (Lipinski definition) is 1. The smallest absolute Gasteiger partial charge is 0.141 e. The molecule has 0 aliphatic heterocycles. The van der Waals surface area contributed by atoms with Crippen molar-refractivity contribution in [2.75, 3.05) is 26.2 Å². The molecule has 2 N–H and O–H groups in total. The SMILES string of the molecule is CCN(CC)CCOc1c(Cl)cccc1CC(C)N. The molecule has 1 atom stereocenters. The average molecular weight is 285 g/mol. The molecule has 0 heterocycles. The number of nitrogens with two attached hydrogens (primary N) is 1. The van der Waals surface area contributed by atoms with Gasteiger partial charge in [-0.25, -0.2) is 0 Å². The second kappa shape index (κ2) is 8.41. The summed E-state index contributed by atoms with van der Waals surface area (Å²) in [6, 6.07) is 5.93. The normalized spacial score (nSPS) is 12.7. The minimum Gasteiger partial charge on any atom is -0.490 e. The molecule has 4 heteroatoms. The Bertz CT molecular complexity index is 378. The summed E-state index contributed by atoms with van der Waals surface area (Å²) in [5.74, 6) is 0.786. The molecule has 1 unspecified atom stereocenters. The predicted octanol–water partition coefficient (Wildman–Crippen LogP) is 2.95. The first-order valence-electron chi connectivity index (χ1n) is 6.96. The monoisotopic (exact) mass is 284 g/mol. The van der Waals surface area contributed by atoms with Crippen molar-refractivity contribution in [3.8, 4) is 5.75 Å². The van der Waals surface area contributed by atoms with Crippen LogP contribution in [0.15, 0.2) is 18.2 Å². The van der Waals surface area contributed by atoms with E-state index in [1.807, 2.05) is 25.1 Å². The molecule has 0 radical (unpaired) electrons. The van der Waals surface area contributed by atoms with Gasteiger partial charge in [0.25, 0.3) is 0 Å². The third-order valence-electron chi connectivity index (χ3n) is 3.14. The van der Waals surface area contributed by atoms with E-state index in [0.717, 1.165) is 37.4 Å². The van der Waals surface area contributed by atoms with Gasteiger partial charge in [-0.05, 0) is 38.1 Å². The first-order chi connectivity index (χ1) is 9.08. The van der Waals surface area contributed by atoms with Crippen molar-refractivity contribution in [1.29, 1.82) is 0 Å². The summed E-state index contributed by atoms with van der Waals surface area (Å²) in [6.45, 7) is 9.93. The second-order valence-electron chi connectivity index (χ2n) is 4.78. The van der Waals surface area contributed by atoms with Gasteiger partial charge in [0.05, 0.1) is 5.02 Å². The molecular formula is C15H25ClN2O. The van der Waals surface area contributed by atoms with Gasteiger partial charge < -0.3 is 15.4 Å². The van der Waals surface area contributed by atoms with Crippen LogP contribution < -0.4 is 10.5 Å². The number of benzene rings is 1. The molecule has 19 heavy (non-hydrogen) atoms. The molecule has 0 saturated heterocycles. The Morgan fingerprint density at radius 1 is 1.32 bits per heavy atom. The lowest BCUT2D eigenvalue weighted by molar-refractivity contribution is 0.221. The van der Waals surface area contributed by atoms with Crippen molar-refractivity contribution < 1.29 is 4.74 Å². The minimum absolute atomic E-state index is 0.101. The zero-order chi connectivity index (χ0) is 14.3. The van der Waals surface area contributed by atoms with E-state index in [0.29, 0.717) is 11.6 Å². The van der Waals surface area contributed by atoms with E-state index in [2.05, 4.69) is 18.7 Å². The van der Waals surface area contributed by atoms with Crippen LogP contribution in [0.1, 0.15) is 26.3 Å². The van der Waals surface area contributed by atoms with Gasteiger partial charge >= 0.3 is 0 Å². The highest BCUT2D eigenvalue weighted by Crippen LogP contribution is 2.29. The summed E-state index contributed by atoms with van der Waals surface area (Å²) in [5.41, 5.74) is 6.94. The third kappa shape index (κ3) is 5.39. The van der Waals surface area contributed by atoms with Crippen molar-refractivity contribution in [2.45, 2.75) is 33.2 Å². The fourth-order valence-electron chi connectivity index (χ4n) is 2.04. The first-order valence-corrected chi connectivity index (χ1v) is 7.34. The zero-order valence-electron chi connectivity index (χ0n) is 12.2. The van der Waals surface area contributed by atoms with E-state index >= 15 is 0 Å². The maximum Gasteiger partial charge on any atom is 0.141 e. The van der Waals surface area contributed by atoms with Gasteiger partial charge in [-0.3, -0.25) is 0 Å². The Kier molecular flexibility index (Phi) is 7.21. The highest BCUT2D eigenvalue weighted by Gasteiger charge is 2.10. The summed E-state index contributed by atoms with van der Waals surface area (Å²) >= 11 is 6.22. The minimum atomic E-state index is 0.101. The van der Waals surface area contributed by atoms with E-state index in [1.54, 1.807) is 0 Å². The van der Waals surface area contributed by atoms with Crippen LogP contribution in [-0.2, 0) is 6.42 Å². The van der Waals surface area contributed by atoms with Gasteiger partial charge in [0.15, 0.2) is 0 Å². The van der Waals surface area contributed by atoms with Gasteiger partial charge in [0.1, 0.15) is 12.4 Å². The van der Waals surface area contributed by atoms with Crippen LogP contribution in [0.25, 0.3) is 0 Å². The Balaban J connectivity index is 2.65. The molecule has 0 aromatic heterocycles. The summed E-state index contributed by atoms with van der Waals surface area (Å²) in [6.07, 6.45) is 0.779. The Hall–Kier alpha value is -0.770. The maximum absolute atomic E-state index is 6.22. The lowest BCUT2D eigenvalue weighted by atomic mass is 10.1. The van der Waals surface area contributed by atoms with Crippen LogP contribution in [0, 0.1) is 0 Å². The van der Waals surface area contributed by atoms with Crippen LogP contribution in [0.4, 0.5) is 0 Å². The van der Waals surface area contributed by atoms with Crippen LogP contribution in [-0.4, -0.2) is 37.2 Å². The van der Waals surface area contributed by atoms with E-state index < -0.39 is 0 Å². The molecule has 0 amide bonds. The number of halogens is 1. The van der Waals surface area contributed by atoms with Crippen molar-refractivity contribution in [1.82, 2.24) is 4.90 Å². The fraction of sp³-hybridized carbons (Fsp3) is 0.600. The summed E-state index contributed by atoms with van der Waals surface area (Å²) in [7, 11) is 0. The standard InChI is InChI=1S/C15H25ClN2O/c1-4-18(5-2)9-10-19-15-13(11-12(3)17)7-6-8-14(15)16/h6-8,12H,4-5,9-11,17H2,1-3H3. The van der Waals surface area contributed by atoms with Crippen LogP contribution in [0.5, 0.6) is 5.75 Å². The zero-order valence-corrected chi connectivity index (χ0v) is 12.9. The number of likely N-dealkylation sites (N-methyl/N-ethyl adjacent to an activating group) is 1. The quantitative estimate of drug-likeness (QED) is 0.798. The fourth-order valence-corrected chi connectivity index (χ4v) is 2.29. The maximum atomic E-state index is 6.22. The number of para-hydroxylation sites is 1. The molecule has 1 rings (SSSR count). The molecule has 0 fully saturated rings. The highest BCUT2D eigenvalue weighted by atomic mass is 35.5. The van der Waals surface area contributed by atoms with E-state index in [4.69, 9.17) is 22.1 Å². The van der Waals surface area contributed by atoms with Gasteiger partial charge in [0.2, 0.25) is 0 Å². The molecule has 1 aromatic carbocycles. The summed E-state index contributed by atoms with van der Waals surface area (Å²) in [4.78, 5) is 2.32. The van der Waals surface area contributed by atoms with Crippen LogP contribution in [0.2, 0.25) is 5.02 Å². The van der Waals surface area contributed by atoms with Gasteiger partial charge in [0, 0.05) is 12.6 Å². The lowest BCUT2D eigenvalue weighted by Crippen LogP contribution is -2.28. The molecule has 1 aromatic rings. The molecule has 0 bridgehead atoms. The average Bonchev–Trinajstić information content (AvgIpc) is 2.37. The van der Waals surface area contributed by atoms with Crippen LogP contribution >= 0.6 is 11.6 Å². The number of rotatable bonds is 8. The lowest BCUT2D eigenvalue weighted by Gasteiger charge is -2.20. The Morgan fingerprint density at radius 2 is 2.00 bits per heavy atom. The van der Waals surface area contributed by atoms with Crippen molar-refractivity contribution in [3.63, 3.8) is 0 Å².